The fourth-order valence-electron chi connectivity index (χ4n) is 2.98. The monoisotopic (exact) mass is 448 g/mol. The summed E-state index contributed by atoms with van der Waals surface area (Å²) in [7, 11) is 0. The summed E-state index contributed by atoms with van der Waals surface area (Å²) in [6, 6.07) is 4.81. The molecule has 0 atom stereocenters. The number of carbonyl (C=O) groups is 2. The van der Waals surface area contributed by atoms with Gasteiger partial charge >= 0.3 is 0 Å². The molecular weight excluding hydrogens is 422 g/mol. The van der Waals surface area contributed by atoms with Crippen molar-refractivity contribution in [2.45, 2.75) is 58.1 Å². The summed E-state index contributed by atoms with van der Waals surface area (Å²) in [5, 5.41) is 15.0. The molecule has 1 saturated carbocycles. The molecule has 2 heterocycles. The van der Waals surface area contributed by atoms with Crippen molar-refractivity contribution in [1.82, 2.24) is 15.3 Å². The van der Waals surface area contributed by atoms with E-state index < -0.39 is 24.5 Å². The number of amides is 2. The molecule has 2 amide bonds. The van der Waals surface area contributed by atoms with Gasteiger partial charge in [0, 0.05) is 29.6 Å². The van der Waals surface area contributed by atoms with Crippen molar-refractivity contribution in [3.8, 4) is 5.88 Å². The molecule has 0 aliphatic heterocycles. The van der Waals surface area contributed by atoms with Crippen LogP contribution in [0.4, 0.5) is 14.6 Å². The highest BCUT2D eigenvalue weighted by atomic mass is 19.3. The number of anilines is 1. The minimum atomic E-state index is -2.58. The van der Waals surface area contributed by atoms with E-state index in [1.54, 1.807) is 13.0 Å². The van der Waals surface area contributed by atoms with Gasteiger partial charge in [-0.25, -0.2) is 18.7 Å². The highest BCUT2D eigenvalue weighted by molar-refractivity contribution is 5.98. The van der Waals surface area contributed by atoms with Crippen molar-refractivity contribution >= 4 is 17.6 Å². The van der Waals surface area contributed by atoms with Gasteiger partial charge in [-0.05, 0) is 63.3 Å². The van der Waals surface area contributed by atoms with Crippen molar-refractivity contribution < 1.29 is 28.2 Å². The first-order chi connectivity index (χ1) is 15.0. The first kappa shape index (κ1) is 23.5. The Hall–Kier alpha value is -3.14. The first-order valence-electron chi connectivity index (χ1n) is 10.2. The lowest BCUT2D eigenvalue weighted by Gasteiger charge is -2.17. The van der Waals surface area contributed by atoms with Gasteiger partial charge in [0.2, 0.25) is 5.88 Å². The minimum absolute atomic E-state index is 0.153. The van der Waals surface area contributed by atoms with Crippen molar-refractivity contribution in [3.63, 3.8) is 0 Å². The van der Waals surface area contributed by atoms with E-state index >= 15 is 0 Å². The van der Waals surface area contributed by atoms with Crippen LogP contribution in [0.2, 0.25) is 0 Å². The van der Waals surface area contributed by atoms with Gasteiger partial charge in [0.15, 0.2) is 6.61 Å². The number of pyridine rings is 2. The molecule has 3 rings (SSSR count). The van der Waals surface area contributed by atoms with Crippen molar-refractivity contribution in [1.29, 1.82) is 0 Å². The zero-order valence-electron chi connectivity index (χ0n) is 18.1. The van der Waals surface area contributed by atoms with E-state index in [0.29, 0.717) is 11.3 Å². The summed E-state index contributed by atoms with van der Waals surface area (Å²) in [4.78, 5) is 33.0. The Balaban J connectivity index is 1.68. The lowest BCUT2D eigenvalue weighted by atomic mass is 10.1. The molecule has 2 aromatic rings. The average molecular weight is 448 g/mol. The Bertz CT molecular complexity index is 1000. The maximum Gasteiger partial charge on any atom is 0.272 e. The number of alkyl halides is 2. The molecule has 3 N–H and O–H groups in total. The number of aryl methyl sites for hydroxylation is 1. The van der Waals surface area contributed by atoms with E-state index in [2.05, 4.69) is 20.6 Å². The van der Waals surface area contributed by atoms with Crippen LogP contribution in [0.5, 0.6) is 5.88 Å². The molecule has 1 aliphatic rings. The van der Waals surface area contributed by atoms with Gasteiger partial charge in [-0.15, -0.1) is 0 Å². The van der Waals surface area contributed by atoms with Gasteiger partial charge in [-0.2, -0.15) is 0 Å². The molecule has 0 bridgehead atoms. The van der Waals surface area contributed by atoms with Gasteiger partial charge in [0.1, 0.15) is 11.4 Å². The zero-order valence-corrected chi connectivity index (χ0v) is 18.1. The maximum absolute atomic E-state index is 12.7. The molecule has 0 saturated heterocycles. The smallest absolute Gasteiger partial charge is 0.272 e. The molecule has 8 nitrogen and oxygen atoms in total. The summed E-state index contributed by atoms with van der Waals surface area (Å²) in [5.41, 5.74) is 0.697. The fourth-order valence-corrected chi connectivity index (χ4v) is 2.98. The van der Waals surface area contributed by atoms with Gasteiger partial charge in [-0.1, -0.05) is 0 Å². The summed E-state index contributed by atoms with van der Waals surface area (Å²) >= 11 is 0. The quantitative estimate of drug-likeness (QED) is 0.544. The fraction of sp³-hybridized carbons (Fsp3) is 0.455. The van der Waals surface area contributed by atoms with Crippen LogP contribution in [0.15, 0.2) is 24.4 Å². The van der Waals surface area contributed by atoms with Crippen molar-refractivity contribution in [3.05, 3.63) is 46.8 Å². The van der Waals surface area contributed by atoms with Crippen molar-refractivity contribution in [2.75, 3.05) is 11.9 Å². The number of halogens is 2. The molecule has 0 unspecified atom stereocenters. The Labute approximate surface area is 184 Å². The first-order valence-corrected chi connectivity index (χ1v) is 10.2. The Morgan fingerprint density at radius 2 is 2.00 bits per heavy atom. The van der Waals surface area contributed by atoms with Crippen LogP contribution in [0.3, 0.4) is 0 Å². The molecular formula is C22H26F2N4O4. The van der Waals surface area contributed by atoms with E-state index in [4.69, 9.17) is 4.74 Å². The molecule has 1 aliphatic carbocycles. The SMILES string of the molecule is Cc1cc(C(=O)NCc2cnc(OCC(F)F)c(C3CC3)c2)cc(NC(=O)C(C)(C)O)n1. The highest BCUT2D eigenvalue weighted by Gasteiger charge is 2.28. The van der Waals surface area contributed by atoms with Crippen LogP contribution < -0.4 is 15.4 Å². The second-order valence-corrected chi connectivity index (χ2v) is 8.29. The summed E-state index contributed by atoms with van der Waals surface area (Å²) in [6.07, 6.45) is 0.792. The number of ether oxygens (including phenoxy) is 1. The predicted molar refractivity (Wildman–Crippen MR) is 113 cm³/mol. The van der Waals surface area contributed by atoms with Crippen LogP contribution in [0.25, 0.3) is 0 Å². The lowest BCUT2D eigenvalue weighted by molar-refractivity contribution is -0.130. The van der Waals surface area contributed by atoms with Gasteiger partial charge in [0.25, 0.3) is 18.2 Å². The Morgan fingerprint density at radius 1 is 1.28 bits per heavy atom. The molecule has 172 valence electrons. The van der Waals surface area contributed by atoms with Gasteiger partial charge < -0.3 is 20.5 Å². The average Bonchev–Trinajstić information content (AvgIpc) is 3.54. The largest absolute Gasteiger partial charge is 0.471 e. The number of aromatic nitrogens is 2. The van der Waals surface area contributed by atoms with E-state index in [-0.39, 0.29) is 35.6 Å². The standard InChI is InChI=1S/C22H26F2N4O4/c1-12-6-15(8-18(27-12)28-21(30)22(2,3)31)19(29)25-9-13-7-16(14-4-5-14)20(26-10-13)32-11-17(23)24/h6-8,10,14,17,31H,4-5,9,11H2,1-3H3,(H,25,29)(H,27,28,30). The number of rotatable bonds is 9. The van der Waals surface area contributed by atoms with Crippen LogP contribution in [0, 0.1) is 6.92 Å². The van der Waals surface area contributed by atoms with Crippen LogP contribution >= 0.6 is 0 Å². The number of hydrogen-bond acceptors (Lipinski definition) is 6. The Kier molecular flexibility index (Phi) is 7.02. The lowest BCUT2D eigenvalue weighted by Crippen LogP contribution is -2.37. The number of aliphatic hydroxyl groups is 1. The molecule has 1 fully saturated rings. The molecule has 0 radical (unpaired) electrons. The minimum Gasteiger partial charge on any atom is -0.471 e. The number of nitrogens with zero attached hydrogens (tertiary/aromatic N) is 2. The third kappa shape index (κ3) is 6.43. The molecule has 10 heteroatoms. The number of carbonyl (C=O) groups excluding carboxylic acids is 2. The summed E-state index contributed by atoms with van der Waals surface area (Å²) in [5.74, 6) is -0.439. The van der Waals surface area contributed by atoms with E-state index in [1.165, 1.54) is 26.1 Å². The second-order valence-electron chi connectivity index (χ2n) is 8.29. The summed E-state index contributed by atoms with van der Waals surface area (Å²) < 4.78 is 30.1. The molecule has 0 spiro atoms. The van der Waals surface area contributed by atoms with E-state index in [0.717, 1.165) is 18.4 Å². The molecule has 32 heavy (non-hydrogen) atoms. The normalized spacial score (nSPS) is 13.7. The zero-order chi connectivity index (χ0) is 23.5. The topological polar surface area (TPSA) is 113 Å². The Morgan fingerprint density at radius 3 is 2.62 bits per heavy atom. The van der Waals surface area contributed by atoms with Crippen LogP contribution in [0.1, 0.15) is 59.8 Å². The molecule has 2 aromatic heterocycles. The van der Waals surface area contributed by atoms with Crippen molar-refractivity contribution in [2.24, 2.45) is 0 Å². The number of nitrogens with one attached hydrogen (secondary N) is 2. The van der Waals surface area contributed by atoms with Crippen LogP contribution in [-0.4, -0.2) is 45.5 Å². The predicted octanol–water partition coefficient (Wildman–Crippen LogP) is 2.95. The highest BCUT2D eigenvalue weighted by Crippen LogP contribution is 2.43. The molecule has 0 aromatic carbocycles. The van der Waals surface area contributed by atoms with Crippen LogP contribution in [-0.2, 0) is 11.3 Å². The van der Waals surface area contributed by atoms with Gasteiger partial charge in [0.05, 0.1) is 0 Å². The van der Waals surface area contributed by atoms with E-state index in [1.807, 2.05) is 6.07 Å². The van der Waals surface area contributed by atoms with E-state index in [9.17, 15) is 23.5 Å². The maximum atomic E-state index is 12.7. The summed E-state index contributed by atoms with van der Waals surface area (Å²) in [6.45, 7) is 3.84. The van der Waals surface area contributed by atoms with Gasteiger partial charge in [-0.3, -0.25) is 9.59 Å². The third-order valence-electron chi connectivity index (χ3n) is 4.76. The third-order valence-corrected chi connectivity index (χ3v) is 4.76. The number of hydrogen-bond donors (Lipinski definition) is 3. The second kappa shape index (κ2) is 9.56.